The van der Waals surface area contributed by atoms with Gasteiger partial charge in [-0.05, 0) is 76.6 Å². The molecule has 0 aromatic heterocycles. The molecule has 1 unspecified atom stereocenters. The van der Waals surface area contributed by atoms with E-state index in [1.54, 1.807) is 21.0 Å². The summed E-state index contributed by atoms with van der Waals surface area (Å²) >= 11 is 23.3. The number of alkyl halides is 4. The van der Waals surface area contributed by atoms with Crippen molar-refractivity contribution >= 4 is 58.0 Å². The van der Waals surface area contributed by atoms with Gasteiger partial charge >= 0.3 is 6.18 Å². The van der Waals surface area contributed by atoms with Crippen molar-refractivity contribution in [3.63, 3.8) is 0 Å². The van der Waals surface area contributed by atoms with Crippen LogP contribution in [-0.2, 0) is 15.1 Å². The van der Waals surface area contributed by atoms with Crippen LogP contribution in [0.15, 0.2) is 53.7 Å². The number of allylic oxidation sites excluding steroid dienone is 4. The summed E-state index contributed by atoms with van der Waals surface area (Å²) in [4.78, 5) is 12.2. The van der Waals surface area contributed by atoms with Crippen LogP contribution in [0.5, 0.6) is 0 Å². The molecular formula is C27H38Cl4F3N3O4. The molecule has 0 aliphatic rings. The number of carbonyl (C=O) groups is 1. The summed E-state index contributed by atoms with van der Waals surface area (Å²) < 4.78 is 46.3. The molecule has 234 valence electrons. The quantitative estimate of drug-likeness (QED) is 0.0780. The Bertz CT molecular complexity index is 1070. The first kappa shape index (κ1) is 41.3. The Hall–Kier alpha value is -1.79. The average molecular weight is 667 g/mol. The molecule has 5 N–H and O–H groups in total. The van der Waals surface area contributed by atoms with E-state index in [0.717, 1.165) is 31.4 Å². The molecule has 41 heavy (non-hydrogen) atoms. The van der Waals surface area contributed by atoms with E-state index in [0.29, 0.717) is 0 Å². The third-order valence-corrected chi connectivity index (χ3v) is 6.48. The van der Waals surface area contributed by atoms with E-state index in [-0.39, 0.29) is 32.3 Å². The number of benzene rings is 1. The standard InChI is InChI=1S/C21H22Cl4F3N3O2.C5H12O.CH4O/c1-4-16(25)17(30-31-18(32)19(2,3)11-22)6-5-15(29)10-20(33,21(26,27)28)12-7-13(23)9-14(24)8-12;1-5(2,3)6-4;1-2/h4-9,29-30,33H,1,10-11H2,2-3H3,(H,31,32);1-4H3;2H,1H3/b6-5+,17-16-,29-15?;;. The van der Waals surface area contributed by atoms with Gasteiger partial charge in [0.2, 0.25) is 5.91 Å². The van der Waals surface area contributed by atoms with Crippen molar-refractivity contribution < 1.29 is 32.9 Å². The van der Waals surface area contributed by atoms with Crippen molar-refractivity contribution in [2.45, 2.75) is 58.4 Å². The van der Waals surface area contributed by atoms with Gasteiger partial charge in [-0.3, -0.25) is 15.6 Å². The molecule has 0 bridgehead atoms. The van der Waals surface area contributed by atoms with Crippen LogP contribution in [0, 0.1) is 10.8 Å². The Morgan fingerprint density at radius 1 is 1.05 bits per heavy atom. The van der Waals surface area contributed by atoms with Gasteiger partial charge in [-0.2, -0.15) is 13.2 Å². The smallest absolute Gasteiger partial charge is 0.400 e. The average Bonchev–Trinajstić information content (AvgIpc) is 2.87. The fourth-order valence-electron chi connectivity index (χ4n) is 2.32. The SMILES string of the molecule is C=C/C(Cl)=C(\C=C\C(=N)CC(O)(c1cc(Cl)cc(Cl)c1)C(F)(F)F)NNC(=O)C(C)(C)CCl.CO.COC(C)(C)C. The molecule has 1 aromatic rings. The minimum Gasteiger partial charge on any atom is -0.400 e. The molecule has 1 aromatic carbocycles. The lowest BCUT2D eigenvalue weighted by atomic mass is 9.87. The van der Waals surface area contributed by atoms with E-state index < -0.39 is 40.8 Å². The molecular weight excluding hydrogens is 629 g/mol. The van der Waals surface area contributed by atoms with Gasteiger partial charge in [0, 0.05) is 42.3 Å². The predicted octanol–water partition coefficient (Wildman–Crippen LogP) is 7.27. The molecule has 1 rings (SSSR count). The van der Waals surface area contributed by atoms with Crippen LogP contribution in [0.25, 0.3) is 0 Å². The van der Waals surface area contributed by atoms with E-state index in [4.69, 9.17) is 61.7 Å². The zero-order chi connectivity index (χ0) is 32.8. The minimum atomic E-state index is -5.14. The maximum atomic E-state index is 13.8. The number of nitrogens with one attached hydrogen (secondary N) is 3. The maximum Gasteiger partial charge on any atom is 0.421 e. The summed E-state index contributed by atoms with van der Waals surface area (Å²) in [5.74, 6) is -0.449. The summed E-state index contributed by atoms with van der Waals surface area (Å²) in [5.41, 5.74) is -0.584. The number of hydrazine groups is 1. The van der Waals surface area contributed by atoms with Gasteiger partial charge in [0.1, 0.15) is 0 Å². The number of amides is 1. The van der Waals surface area contributed by atoms with Crippen LogP contribution in [0.2, 0.25) is 10.0 Å². The molecule has 0 spiro atoms. The molecule has 0 radical (unpaired) electrons. The summed E-state index contributed by atoms with van der Waals surface area (Å²) in [5, 5.41) is 25.3. The third-order valence-electron chi connectivity index (χ3n) is 5.01. The highest BCUT2D eigenvalue weighted by Gasteiger charge is 2.55. The molecule has 7 nitrogen and oxygen atoms in total. The van der Waals surface area contributed by atoms with Crippen LogP contribution in [0.4, 0.5) is 13.2 Å². The Labute approximate surface area is 259 Å². The van der Waals surface area contributed by atoms with Gasteiger partial charge in [0.25, 0.3) is 0 Å². The fourth-order valence-corrected chi connectivity index (χ4v) is 3.08. The van der Waals surface area contributed by atoms with Gasteiger partial charge in [0.15, 0.2) is 5.60 Å². The van der Waals surface area contributed by atoms with Crippen LogP contribution >= 0.6 is 46.4 Å². The molecule has 0 saturated carbocycles. The van der Waals surface area contributed by atoms with Crippen molar-refractivity contribution in [1.29, 1.82) is 5.41 Å². The van der Waals surface area contributed by atoms with Crippen LogP contribution in [0.1, 0.15) is 46.6 Å². The Morgan fingerprint density at radius 2 is 1.51 bits per heavy atom. The molecule has 0 aliphatic heterocycles. The highest BCUT2D eigenvalue weighted by atomic mass is 35.5. The number of ether oxygens (including phenoxy) is 1. The monoisotopic (exact) mass is 665 g/mol. The number of rotatable bonds is 10. The first-order chi connectivity index (χ1) is 18.6. The molecule has 0 fully saturated rings. The first-order valence-corrected chi connectivity index (χ1v) is 13.5. The summed E-state index contributed by atoms with van der Waals surface area (Å²) in [6, 6.07) is 3.07. The van der Waals surface area contributed by atoms with Crippen molar-refractivity contribution in [2.75, 3.05) is 20.1 Å². The van der Waals surface area contributed by atoms with Crippen LogP contribution in [0.3, 0.4) is 0 Å². The van der Waals surface area contributed by atoms with Crippen LogP contribution < -0.4 is 10.9 Å². The van der Waals surface area contributed by atoms with Gasteiger partial charge in [0.05, 0.1) is 21.7 Å². The lowest BCUT2D eigenvalue weighted by Gasteiger charge is -2.31. The maximum absolute atomic E-state index is 13.8. The second-order valence-corrected chi connectivity index (χ2v) is 11.5. The topological polar surface area (TPSA) is 115 Å². The van der Waals surface area contributed by atoms with E-state index in [1.807, 2.05) is 20.8 Å². The summed E-state index contributed by atoms with van der Waals surface area (Å²) in [7, 11) is 2.71. The second-order valence-electron chi connectivity index (χ2n) is 9.93. The second kappa shape index (κ2) is 18.0. The van der Waals surface area contributed by atoms with Gasteiger partial charge in [-0.15, -0.1) is 11.6 Å². The number of aliphatic hydroxyl groups excluding tert-OH is 1. The van der Waals surface area contributed by atoms with Gasteiger partial charge in [-0.25, -0.2) is 0 Å². The van der Waals surface area contributed by atoms with Gasteiger partial charge in [-0.1, -0.05) is 41.4 Å². The van der Waals surface area contributed by atoms with E-state index >= 15 is 0 Å². The molecule has 1 amide bonds. The van der Waals surface area contributed by atoms with Crippen molar-refractivity contribution in [1.82, 2.24) is 10.9 Å². The molecule has 0 heterocycles. The number of halogens is 7. The van der Waals surface area contributed by atoms with E-state index in [1.165, 1.54) is 12.1 Å². The van der Waals surface area contributed by atoms with Crippen molar-refractivity contribution in [2.24, 2.45) is 5.41 Å². The predicted molar refractivity (Wildman–Crippen MR) is 162 cm³/mol. The Morgan fingerprint density at radius 3 is 1.88 bits per heavy atom. The third kappa shape index (κ3) is 14.8. The lowest BCUT2D eigenvalue weighted by Crippen LogP contribution is -2.45. The largest absolute Gasteiger partial charge is 0.421 e. The lowest BCUT2D eigenvalue weighted by molar-refractivity contribution is -0.263. The zero-order valence-electron chi connectivity index (χ0n) is 23.9. The molecule has 0 aliphatic carbocycles. The highest BCUT2D eigenvalue weighted by Crippen LogP contribution is 2.43. The molecule has 14 heteroatoms. The van der Waals surface area contributed by atoms with Crippen molar-refractivity contribution in [3.05, 3.63) is 69.3 Å². The zero-order valence-corrected chi connectivity index (χ0v) is 27.0. The Balaban J connectivity index is 0. The van der Waals surface area contributed by atoms with Crippen LogP contribution in [-0.4, -0.2) is 53.7 Å². The highest BCUT2D eigenvalue weighted by molar-refractivity contribution is 6.34. The normalized spacial score (nSPS) is 14.0. The minimum absolute atomic E-state index is 0.00994. The Kier molecular flexibility index (Phi) is 18.2. The molecule has 0 saturated heterocycles. The first-order valence-electron chi connectivity index (χ1n) is 11.8. The van der Waals surface area contributed by atoms with Gasteiger partial charge < -0.3 is 20.4 Å². The van der Waals surface area contributed by atoms with E-state index in [2.05, 4.69) is 17.4 Å². The number of methoxy groups -OCH3 is 1. The number of hydrogen-bond donors (Lipinski definition) is 5. The number of carbonyl (C=O) groups excluding carboxylic acids is 1. The van der Waals surface area contributed by atoms with E-state index in [9.17, 15) is 23.1 Å². The number of aliphatic hydroxyl groups is 2. The summed E-state index contributed by atoms with van der Waals surface area (Å²) in [6.07, 6.45) is -2.93. The molecule has 1 atom stereocenters. The number of hydrogen-bond acceptors (Lipinski definition) is 6. The summed E-state index contributed by atoms with van der Waals surface area (Å²) in [6.45, 7) is 12.7. The fraction of sp³-hybridized carbons (Fsp3) is 0.481. The van der Waals surface area contributed by atoms with Crippen molar-refractivity contribution in [3.8, 4) is 0 Å².